The maximum absolute atomic E-state index is 11.0. The van der Waals surface area contributed by atoms with Crippen molar-refractivity contribution in [2.45, 2.75) is 12.5 Å². The second-order valence-electron chi connectivity index (χ2n) is 2.64. The molecule has 0 saturated carbocycles. The average molecular weight is 249 g/mol. The zero-order valence-electron chi connectivity index (χ0n) is 8.47. The molecule has 0 aliphatic carbocycles. The van der Waals surface area contributed by atoms with Crippen molar-refractivity contribution in [3.63, 3.8) is 0 Å². The summed E-state index contributed by atoms with van der Waals surface area (Å²) in [6, 6.07) is -3.60. The van der Waals surface area contributed by atoms with Crippen LogP contribution >= 0.6 is 0 Å². The van der Waals surface area contributed by atoms with Crippen LogP contribution in [-0.2, 0) is 19.3 Å². The summed E-state index contributed by atoms with van der Waals surface area (Å²) >= 11 is 0. The van der Waals surface area contributed by atoms with Gasteiger partial charge in [-0.15, -0.1) is 0 Å². The van der Waals surface area contributed by atoms with E-state index in [0.717, 1.165) is 0 Å². The van der Waals surface area contributed by atoms with Gasteiger partial charge in [0.05, 0.1) is 6.42 Å². The Bertz CT molecular complexity index is 331. The predicted octanol–water partition coefficient (Wildman–Crippen LogP) is -3.04. The number of rotatable bonds is 3. The SMILES string of the molecule is NC(=O)NOC(=O)C[C@H](N)C(=O)ONC(N)=O. The van der Waals surface area contributed by atoms with E-state index in [0.29, 0.717) is 0 Å². The van der Waals surface area contributed by atoms with Crippen LogP contribution < -0.4 is 28.2 Å². The number of carbonyl (C=O) groups excluding carboxylic acids is 4. The van der Waals surface area contributed by atoms with E-state index in [4.69, 9.17) is 5.73 Å². The first-order chi connectivity index (χ1) is 7.82. The Hall–Kier alpha value is -2.56. The van der Waals surface area contributed by atoms with Crippen LogP contribution in [-0.4, -0.2) is 30.0 Å². The minimum atomic E-state index is -1.40. The molecule has 0 heterocycles. The quantitative estimate of drug-likeness (QED) is 0.328. The molecule has 96 valence electrons. The Morgan fingerprint density at radius 3 is 1.94 bits per heavy atom. The number of nitrogens with two attached hydrogens (primary N) is 3. The van der Waals surface area contributed by atoms with Crippen molar-refractivity contribution < 1.29 is 28.9 Å². The molecule has 1 atom stereocenters. The van der Waals surface area contributed by atoms with Gasteiger partial charge in [-0.3, -0.25) is 0 Å². The summed E-state index contributed by atoms with van der Waals surface area (Å²) in [5, 5.41) is 0. The van der Waals surface area contributed by atoms with Gasteiger partial charge in [0.15, 0.2) is 0 Å². The number of carbonyl (C=O) groups is 4. The van der Waals surface area contributed by atoms with Gasteiger partial charge in [-0.2, -0.15) is 11.0 Å². The molecule has 0 aliphatic rings. The standard InChI is InChI=1S/C6H11N5O6/c7-2(4(13)17-11-6(9)15)1-3(12)16-10-5(8)14/h2H,1,7H2,(H3,8,10,14)(H3,9,11,15)/t2-/m0/s1. The monoisotopic (exact) mass is 249 g/mol. The lowest BCUT2D eigenvalue weighted by molar-refractivity contribution is -0.156. The van der Waals surface area contributed by atoms with Crippen molar-refractivity contribution in [3.05, 3.63) is 0 Å². The van der Waals surface area contributed by atoms with Gasteiger partial charge in [0, 0.05) is 0 Å². The van der Waals surface area contributed by atoms with E-state index >= 15 is 0 Å². The third-order valence-corrected chi connectivity index (χ3v) is 1.21. The molecular formula is C6H11N5O6. The summed E-state index contributed by atoms with van der Waals surface area (Å²) in [5.74, 6) is -2.13. The molecular weight excluding hydrogens is 238 g/mol. The average Bonchev–Trinajstić information content (AvgIpc) is 2.22. The highest BCUT2D eigenvalue weighted by Gasteiger charge is 2.21. The van der Waals surface area contributed by atoms with E-state index in [2.05, 4.69) is 21.1 Å². The molecule has 0 radical (unpaired) electrons. The first kappa shape index (κ1) is 14.4. The molecule has 0 aliphatic heterocycles. The van der Waals surface area contributed by atoms with Gasteiger partial charge in [0.2, 0.25) is 0 Å². The zero-order chi connectivity index (χ0) is 13.4. The van der Waals surface area contributed by atoms with E-state index in [1.807, 2.05) is 0 Å². The lowest BCUT2D eigenvalue weighted by atomic mass is 10.2. The molecule has 11 nitrogen and oxygen atoms in total. The van der Waals surface area contributed by atoms with E-state index in [-0.39, 0.29) is 0 Å². The second kappa shape index (κ2) is 6.84. The number of hydroxylamine groups is 2. The third kappa shape index (κ3) is 7.38. The Morgan fingerprint density at radius 2 is 1.47 bits per heavy atom. The van der Waals surface area contributed by atoms with Crippen LogP contribution in [0.1, 0.15) is 6.42 Å². The fourth-order valence-corrected chi connectivity index (χ4v) is 0.588. The molecule has 0 unspecified atom stereocenters. The van der Waals surface area contributed by atoms with Gasteiger partial charge in [-0.05, 0) is 0 Å². The number of hydrogen-bond donors (Lipinski definition) is 5. The molecule has 0 fully saturated rings. The molecule has 0 rings (SSSR count). The largest absolute Gasteiger partial charge is 0.349 e. The minimum Gasteiger partial charge on any atom is -0.349 e. The maximum Gasteiger partial charge on any atom is 0.349 e. The van der Waals surface area contributed by atoms with Crippen molar-refractivity contribution in [3.8, 4) is 0 Å². The number of amides is 4. The summed E-state index contributed by atoms with van der Waals surface area (Å²) in [4.78, 5) is 50.4. The van der Waals surface area contributed by atoms with E-state index < -0.39 is 36.5 Å². The topological polar surface area (TPSA) is 189 Å². The van der Waals surface area contributed by atoms with Gasteiger partial charge < -0.3 is 26.9 Å². The van der Waals surface area contributed by atoms with E-state index in [1.165, 1.54) is 11.0 Å². The molecule has 17 heavy (non-hydrogen) atoms. The molecule has 0 saturated heterocycles. The van der Waals surface area contributed by atoms with Crippen LogP contribution in [0.5, 0.6) is 0 Å². The lowest BCUT2D eigenvalue weighted by Gasteiger charge is -2.09. The number of urea groups is 2. The summed E-state index contributed by atoms with van der Waals surface area (Å²) in [7, 11) is 0. The Labute approximate surface area is 94.5 Å². The minimum absolute atomic E-state index is 0.598. The molecule has 11 heteroatoms. The van der Waals surface area contributed by atoms with E-state index in [1.54, 1.807) is 0 Å². The third-order valence-electron chi connectivity index (χ3n) is 1.21. The highest BCUT2D eigenvalue weighted by Crippen LogP contribution is 1.93. The highest BCUT2D eigenvalue weighted by molar-refractivity contribution is 5.84. The van der Waals surface area contributed by atoms with Crippen LogP contribution in [0.2, 0.25) is 0 Å². The van der Waals surface area contributed by atoms with Crippen LogP contribution in [0.3, 0.4) is 0 Å². The number of primary amides is 2. The summed E-state index contributed by atoms with van der Waals surface area (Å²) < 4.78 is 0. The molecule has 0 bridgehead atoms. The Balaban J connectivity index is 3.94. The van der Waals surface area contributed by atoms with E-state index in [9.17, 15) is 19.2 Å². The molecule has 0 aromatic carbocycles. The van der Waals surface area contributed by atoms with Gasteiger partial charge >= 0.3 is 24.0 Å². The fraction of sp³-hybridized carbons (Fsp3) is 0.333. The van der Waals surface area contributed by atoms with Gasteiger partial charge in [0.25, 0.3) is 0 Å². The maximum atomic E-state index is 11.0. The van der Waals surface area contributed by atoms with Crippen molar-refractivity contribution in [1.29, 1.82) is 0 Å². The molecule has 8 N–H and O–H groups in total. The first-order valence-corrected chi connectivity index (χ1v) is 4.09. The predicted molar refractivity (Wildman–Crippen MR) is 50.2 cm³/mol. The van der Waals surface area contributed by atoms with Crippen LogP contribution in [0.15, 0.2) is 0 Å². The Morgan fingerprint density at radius 1 is 1.00 bits per heavy atom. The van der Waals surface area contributed by atoms with Crippen molar-refractivity contribution >= 4 is 24.0 Å². The van der Waals surface area contributed by atoms with Crippen LogP contribution in [0.4, 0.5) is 9.59 Å². The highest BCUT2D eigenvalue weighted by atomic mass is 16.7. The molecule has 0 spiro atoms. The summed E-state index contributed by atoms with van der Waals surface area (Å²) in [5.41, 5.74) is 17.5. The van der Waals surface area contributed by atoms with Gasteiger partial charge in [-0.25, -0.2) is 19.2 Å². The number of hydrogen-bond acceptors (Lipinski definition) is 7. The van der Waals surface area contributed by atoms with Crippen molar-refractivity contribution in [1.82, 2.24) is 11.0 Å². The smallest absolute Gasteiger partial charge is 0.349 e. The lowest BCUT2D eigenvalue weighted by Crippen LogP contribution is -2.42. The summed E-state index contributed by atoms with van der Waals surface area (Å²) in [6.45, 7) is 0. The van der Waals surface area contributed by atoms with Gasteiger partial charge in [0.1, 0.15) is 6.04 Å². The zero-order valence-corrected chi connectivity index (χ0v) is 8.47. The van der Waals surface area contributed by atoms with Crippen LogP contribution in [0, 0.1) is 0 Å². The number of nitrogens with one attached hydrogen (secondary N) is 2. The van der Waals surface area contributed by atoms with Crippen molar-refractivity contribution in [2.24, 2.45) is 17.2 Å². The Kier molecular flexibility index (Phi) is 5.81. The summed E-state index contributed by atoms with van der Waals surface area (Å²) in [6.07, 6.45) is -0.598. The second-order valence-corrected chi connectivity index (χ2v) is 2.64. The normalized spacial score (nSPS) is 10.9. The first-order valence-electron chi connectivity index (χ1n) is 4.09. The fourth-order valence-electron chi connectivity index (χ4n) is 0.588. The molecule has 0 aromatic heterocycles. The molecule has 0 aromatic rings. The molecule has 4 amide bonds. The van der Waals surface area contributed by atoms with Crippen LogP contribution in [0.25, 0.3) is 0 Å². The van der Waals surface area contributed by atoms with Crippen molar-refractivity contribution in [2.75, 3.05) is 0 Å². The van der Waals surface area contributed by atoms with Gasteiger partial charge in [-0.1, -0.05) is 0 Å².